The van der Waals surface area contributed by atoms with E-state index in [2.05, 4.69) is 17.5 Å². The zero-order chi connectivity index (χ0) is 26.8. The van der Waals surface area contributed by atoms with Crippen LogP contribution in [0.1, 0.15) is 34.8 Å². The summed E-state index contributed by atoms with van der Waals surface area (Å²) in [5, 5.41) is 24.5. The summed E-state index contributed by atoms with van der Waals surface area (Å²) in [4.78, 5) is 26.3. The molecule has 1 aliphatic heterocycles. The van der Waals surface area contributed by atoms with Crippen LogP contribution < -0.4 is 10.3 Å². The van der Waals surface area contributed by atoms with Crippen molar-refractivity contribution in [1.29, 1.82) is 0 Å². The first-order valence-electron chi connectivity index (χ1n) is 12.1. The van der Waals surface area contributed by atoms with Crippen LogP contribution in [0.2, 0.25) is 0 Å². The molecule has 0 bridgehead atoms. The minimum Gasteiger partial charge on any atom is -0.505 e. The number of anilines is 3. The predicted molar refractivity (Wildman–Crippen MR) is 145 cm³/mol. The molecule has 0 aromatic heterocycles. The van der Waals surface area contributed by atoms with Crippen LogP contribution in [-0.2, 0) is 11.2 Å². The molecule has 4 aromatic rings. The first-order valence-corrected chi connectivity index (χ1v) is 12.1. The Bertz CT molecular complexity index is 1580. The number of phenolic OH excluding ortho intramolecular Hbond substituents is 1. The number of hydrazone groups is 1. The first-order chi connectivity index (χ1) is 18.4. The van der Waals surface area contributed by atoms with Gasteiger partial charge in [-0.25, -0.2) is 9.18 Å². The van der Waals surface area contributed by atoms with Crippen LogP contribution in [0.4, 0.5) is 21.5 Å². The van der Waals surface area contributed by atoms with Gasteiger partial charge in [-0.3, -0.25) is 15.1 Å². The lowest BCUT2D eigenvalue weighted by molar-refractivity contribution is -0.111. The smallest absolute Gasteiger partial charge is 0.335 e. The molecule has 0 aliphatic carbocycles. The van der Waals surface area contributed by atoms with Gasteiger partial charge in [-0.15, -0.1) is 0 Å². The number of aromatic hydroxyl groups is 1. The van der Waals surface area contributed by atoms with Gasteiger partial charge < -0.3 is 10.2 Å². The Morgan fingerprint density at radius 1 is 0.974 bits per heavy atom. The quantitative estimate of drug-likeness (QED) is 0.199. The standard InChI is InChI=1S/C30H24FN3O4/c1-2-5-18-10-13-22(14-11-18)34-26-17-21(31)12-15-24(26)27(29(34)36)33-32-25-9-4-8-23(28(25)35)19-6-3-7-20(16-19)30(37)38/h3-4,6-17,32,35H,2,5H2,1H3,(H,37,38). The molecule has 0 atom stereocenters. The van der Waals surface area contributed by atoms with E-state index in [-0.39, 0.29) is 22.7 Å². The number of aryl methyl sites for hydroxylation is 1. The fraction of sp³-hybridized carbons (Fsp3) is 0.100. The monoisotopic (exact) mass is 509 g/mol. The van der Waals surface area contributed by atoms with Crippen LogP contribution in [0.25, 0.3) is 11.1 Å². The molecule has 0 spiro atoms. The molecule has 8 heteroatoms. The molecule has 0 saturated heterocycles. The van der Waals surface area contributed by atoms with Crippen LogP contribution in [0, 0.1) is 5.82 Å². The number of hydrogen-bond acceptors (Lipinski definition) is 5. The van der Waals surface area contributed by atoms with E-state index in [0.29, 0.717) is 28.1 Å². The maximum atomic E-state index is 14.2. The van der Waals surface area contributed by atoms with E-state index in [1.165, 1.54) is 35.2 Å². The van der Waals surface area contributed by atoms with Crippen molar-refractivity contribution < 1.29 is 24.2 Å². The average Bonchev–Trinajstić information content (AvgIpc) is 3.19. The summed E-state index contributed by atoms with van der Waals surface area (Å²) in [6, 6.07) is 22.7. The predicted octanol–water partition coefficient (Wildman–Crippen LogP) is 6.34. The van der Waals surface area contributed by atoms with Crippen LogP contribution in [-0.4, -0.2) is 27.8 Å². The van der Waals surface area contributed by atoms with Crippen LogP contribution in [0.3, 0.4) is 0 Å². The van der Waals surface area contributed by atoms with E-state index >= 15 is 0 Å². The number of fused-ring (bicyclic) bond motifs is 1. The fourth-order valence-corrected chi connectivity index (χ4v) is 4.49. The maximum absolute atomic E-state index is 14.2. The summed E-state index contributed by atoms with van der Waals surface area (Å²) in [6.07, 6.45) is 1.91. The highest BCUT2D eigenvalue weighted by atomic mass is 19.1. The Labute approximate surface area is 218 Å². The fourth-order valence-electron chi connectivity index (χ4n) is 4.49. The Kier molecular flexibility index (Phi) is 6.62. The molecule has 7 nitrogen and oxygen atoms in total. The van der Waals surface area contributed by atoms with Crippen molar-refractivity contribution in [3.05, 3.63) is 107 Å². The van der Waals surface area contributed by atoms with Crippen molar-refractivity contribution in [2.24, 2.45) is 5.10 Å². The third kappa shape index (κ3) is 4.59. The molecule has 4 aromatic carbocycles. The van der Waals surface area contributed by atoms with E-state index in [4.69, 9.17) is 0 Å². The molecule has 0 radical (unpaired) electrons. The number of nitrogens with zero attached hydrogens (tertiary/aromatic N) is 2. The number of aromatic carboxylic acids is 1. The summed E-state index contributed by atoms with van der Waals surface area (Å²) in [6.45, 7) is 2.09. The molecule has 5 rings (SSSR count). The number of hydrogen-bond donors (Lipinski definition) is 3. The van der Waals surface area contributed by atoms with Gasteiger partial charge in [0.2, 0.25) is 0 Å². The van der Waals surface area contributed by atoms with E-state index in [0.717, 1.165) is 18.4 Å². The number of benzene rings is 4. The van der Waals surface area contributed by atoms with Gasteiger partial charge in [0.05, 0.1) is 16.9 Å². The van der Waals surface area contributed by atoms with E-state index < -0.39 is 17.7 Å². The normalized spacial score (nSPS) is 13.6. The number of halogens is 1. The Balaban J connectivity index is 1.49. The van der Waals surface area contributed by atoms with Crippen LogP contribution >= 0.6 is 0 Å². The van der Waals surface area contributed by atoms with Crippen molar-refractivity contribution in [3.8, 4) is 16.9 Å². The Morgan fingerprint density at radius 2 is 1.74 bits per heavy atom. The summed E-state index contributed by atoms with van der Waals surface area (Å²) in [5.41, 5.74) is 6.60. The number of amides is 1. The van der Waals surface area contributed by atoms with Crippen molar-refractivity contribution in [1.82, 2.24) is 0 Å². The van der Waals surface area contributed by atoms with Gasteiger partial charge in [0.25, 0.3) is 5.91 Å². The van der Waals surface area contributed by atoms with E-state index in [1.54, 1.807) is 30.3 Å². The van der Waals surface area contributed by atoms with Gasteiger partial charge >= 0.3 is 5.97 Å². The molecular formula is C30H24FN3O4. The summed E-state index contributed by atoms with van der Waals surface area (Å²) in [7, 11) is 0. The van der Waals surface area contributed by atoms with Gasteiger partial charge in [0, 0.05) is 16.8 Å². The lowest BCUT2D eigenvalue weighted by Gasteiger charge is -2.17. The minimum atomic E-state index is -1.08. The van der Waals surface area contributed by atoms with Gasteiger partial charge in [0.15, 0.2) is 5.71 Å². The van der Waals surface area contributed by atoms with Crippen LogP contribution in [0.5, 0.6) is 5.75 Å². The molecule has 0 unspecified atom stereocenters. The molecule has 0 fully saturated rings. The summed E-state index contributed by atoms with van der Waals surface area (Å²) in [5.74, 6) is -2.16. The molecule has 1 amide bonds. The Morgan fingerprint density at radius 3 is 2.47 bits per heavy atom. The number of nitrogens with one attached hydrogen (secondary N) is 1. The van der Waals surface area contributed by atoms with Crippen molar-refractivity contribution in [3.63, 3.8) is 0 Å². The number of phenols is 1. The highest BCUT2D eigenvalue weighted by Crippen LogP contribution is 2.38. The highest BCUT2D eigenvalue weighted by Gasteiger charge is 2.35. The zero-order valence-corrected chi connectivity index (χ0v) is 20.5. The second kappa shape index (κ2) is 10.2. The third-order valence-corrected chi connectivity index (χ3v) is 6.34. The number of carboxylic acid groups (broad SMARTS) is 1. The Hall–Kier alpha value is -4.98. The largest absolute Gasteiger partial charge is 0.505 e. The second-order valence-electron chi connectivity index (χ2n) is 8.88. The number of para-hydroxylation sites is 1. The van der Waals surface area contributed by atoms with Gasteiger partial charge in [0.1, 0.15) is 11.6 Å². The number of carbonyl (C=O) groups excluding carboxylic acids is 1. The summed E-state index contributed by atoms with van der Waals surface area (Å²) < 4.78 is 14.2. The average molecular weight is 510 g/mol. The molecular weight excluding hydrogens is 485 g/mol. The van der Waals surface area contributed by atoms with Gasteiger partial charge in [-0.05, 0) is 66.1 Å². The SMILES string of the molecule is CCCc1ccc(N2C(=O)C(=NNc3cccc(-c4cccc(C(=O)O)c4)c3O)c3ccc(F)cc32)cc1. The van der Waals surface area contributed by atoms with E-state index in [1.807, 2.05) is 24.3 Å². The topological polar surface area (TPSA) is 102 Å². The zero-order valence-electron chi connectivity index (χ0n) is 20.5. The lowest BCUT2D eigenvalue weighted by Crippen LogP contribution is -2.26. The van der Waals surface area contributed by atoms with Crippen LogP contribution in [0.15, 0.2) is 90.0 Å². The molecule has 1 heterocycles. The minimum absolute atomic E-state index is 0.0651. The molecule has 38 heavy (non-hydrogen) atoms. The number of rotatable bonds is 7. The molecule has 190 valence electrons. The number of carbonyl (C=O) groups is 2. The first kappa shape index (κ1) is 24.7. The summed E-state index contributed by atoms with van der Waals surface area (Å²) >= 11 is 0. The molecule has 3 N–H and O–H groups in total. The third-order valence-electron chi connectivity index (χ3n) is 6.34. The van der Waals surface area contributed by atoms with Crippen molar-refractivity contribution in [2.75, 3.05) is 10.3 Å². The van der Waals surface area contributed by atoms with E-state index in [9.17, 15) is 24.2 Å². The molecule has 0 saturated carbocycles. The van der Waals surface area contributed by atoms with Crippen molar-refractivity contribution in [2.45, 2.75) is 19.8 Å². The number of carboxylic acids is 1. The second-order valence-corrected chi connectivity index (χ2v) is 8.88. The van der Waals surface area contributed by atoms with Gasteiger partial charge in [-0.1, -0.05) is 49.7 Å². The molecule has 1 aliphatic rings. The highest BCUT2D eigenvalue weighted by molar-refractivity contribution is 6.55. The maximum Gasteiger partial charge on any atom is 0.335 e. The van der Waals surface area contributed by atoms with Gasteiger partial charge in [-0.2, -0.15) is 5.10 Å². The van der Waals surface area contributed by atoms with Crippen molar-refractivity contribution >= 4 is 34.7 Å². The lowest BCUT2D eigenvalue weighted by atomic mass is 10.0.